The average Bonchev–Trinajstić information content (AvgIpc) is 2.71. The molecule has 0 saturated carbocycles. The molecule has 2 heterocycles. The van der Waals surface area contributed by atoms with Crippen LogP contribution in [0.5, 0.6) is 11.5 Å². The highest BCUT2D eigenvalue weighted by Gasteiger charge is 2.12. The van der Waals surface area contributed by atoms with Crippen molar-refractivity contribution in [3.05, 3.63) is 70.3 Å². The molecule has 0 bridgehead atoms. The molecule has 0 fully saturated rings. The van der Waals surface area contributed by atoms with Crippen molar-refractivity contribution in [2.75, 3.05) is 12.5 Å². The van der Waals surface area contributed by atoms with Crippen LogP contribution in [0.3, 0.4) is 0 Å². The highest BCUT2D eigenvalue weighted by atomic mass is 16.5. The Kier molecular flexibility index (Phi) is 5.33. The van der Waals surface area contributed by atoms with Gasteiger partial charge in [-0.25, -0.2) is 15.4 Å². The summed E-state index contributed by atoms with van der Waals surface area (Å²) >= 11 is 0. The monoisotopic (exact) mass is 416 g/mol. The van der Waals surface area contributed by atoms with Crippen LogP contribution in [0.2, 0.25) is 0 Å². The molecule has 0 radical (unpaired) electrons. The second-order valence-corrected chi connectivity index (χ2v) is 7.54. The fraction of sp³-hybridized carbons (Fsp3) is 0.208. The van der Waals surface area contributed by atoms with E-state index in [0.29, 0.717) is 28.4 Å². The summed E-state index contributed by atoms with van der Waals surface area (Å²) in [7, 11) is 1.51. The van der Waals surface area contributed by atoms with Crippen LogP contribution in [0, 0.1) is 27.7 Å². The Morgan fingerprint density at radius 1 is 0.968 bits per heavy atom. The lowest BCUT2D eigenvalue weighted by Gasteiger charge is -2.10. The molecule has 4 rings (SSSR count). The van der Waals surface area contributed by atoms with E-state index in [9.17, 15) is 5.11 Å². The van der Waals surface area contributed by atoms with Crippen molar-refractivity contribution in [3.8, 4) is 22.8 Å². The van der Waals surface area contributed by atoms with E-state index in [1.54, 1.807) is 18.2 Å². The second-order valence-electron chi connectivity index (χ2n) is 7.54. The topological polar surface area (TPSA) is 92.8 Å². The summed E-state index contributed by atoms with van der Waals surface area (Å²) in [5.74, 6) is 1.47. The van der Waals surface area contributed by atoms with Crippen molar-refractivity contribution in [1.82, 2.24) is 9.97 Å². The summed E-state index contributed by atoms with van der Waals surface area (Å²) < 4.78 is 11.5. The van der Waals surface area contributed by atoms with Gasteiger partial charge in [-0.2, -0.15) is 5.10 Å². The number of aromatic nitrogens is 2. The highest BCUT2D eigenvalue weighted by molar-refractivity contribution is 5.82. The van der Waals surface area contributed by atoms with Crippen LogP contribution in [0.25, 0.3) is 22.3 Å². The van der Waals surface area contributed by atoms with Crippen molar-refractivity contribution >= 4 is 16.9 Å². The Morgan fingerprint density at radius 2 is 1.71 bits per heavy atom. The summed E-state index contributed by atoms with van der Waals surface area (Å²) in [5, 5.41) is 16.1. The Balaban J connectivity index is 1.92. The first-order valence-electron chi connectivity index (χ1n) is 9.88. The van der Waals surface area contributed by atoms with Gasteiger partial charge in [0.25, 0.3) is 0 Å². The summed E-state index contributed by atoms with van der Waals surface area (Å²) in [6, 6.07) is 12.9. The third-order valence-electron chi connectivity index (χ3n) is 4.91. The number of methoxy groups -OCH3 is 1. The summed E-state index contributed by atoms with van der Waals surface area (Å²) in [5.41, 5.74) is 8.32. The molecule has 0 unspecified atom stereocenters. The predicted molar refractivity (Wildman–Crippen MR) is 120 cm³/mol. The van der Waals surface area contributed by atoms with Gasteiger partial charge in [-0.05, 0) is 69.2 Å². The van der Waals surface area contributed by atoms with Crippen LogP contribution in [-0.4, -0.2) is 22.2 Å². The molecule has 0 aliphatic rings. The molecular formula is C24H24N4O3. The summed E-state index contributed by atoms with van der Waals surface area (Å²) in [4.78, 5) is 8.79. The Morgan fingerprint density at radius 3 is 2.42 bits per heavy atom. The number of phenolic OH excluding ortho intramolecular Hbond substituents is 1. The average molecular weight is 416 g/mol. The summed E-state index contributed by atoms with van der Waals surface area (Å²) in [6.45, 7) is 7.89. The van der Waals surface area contributed by atoms with Gasteiger partial charge in [0.1, 0.15) is 11.3 Å². The van der Waals surface area contributed by atoms with Gasteiger partial charge in [0.05, 0.1) is 12.5 Å². The quantitative estimate of drug-likeness (QED) is 0.466. The Hall–Kier alpha value is -3.87. The SMILES string of the molecule is COc1cc(-c2c/c(=N\Nc3nc(C)cc(C)n3)c3c(C)cc(C)cc3o2)ccc1O. The number of benzene rings is 2. The lowest BCUT2D eigenvalue weighted by Crippen LogP contribution is -2.10. The number of nitrogens with zero attached hydrogens (tertiary/aromatic N) is 3. The van der Waals surface area contributed by atoms with Crippen LogP contribution in [0.4, 0.5) is 5.95 Å². The number of anilines is 1. The van der Waals surface area contributed by atoms with Crippen molar-refractivity contribution in [3.63, 3.8) is 0 Å². The fourth-order valence-corrected chi connectivity index (χ4v) is 3.63. The van der Waals surface area contributed by atoms with Gasteiger partial charge >= 0.3 is 0 Å². The highest BCUT2D eigenvalue weighted by Crippen LogP contribution is 2.32. The van der Waals surface area contributed by atoms with Crippen LogP contribution in [-0.2, 0) is 0 Å². The van der Waals surface area contributed by atoms with Crippen LogP contribution >= 0.6 is 0 Å². The van der Waals surface area contributed by atoms with Gasteiger partial charge in [0.2, 0.25) is 5.95 Å². The molecule has 158 valence electrons. The second kappa shape index (κ2) is 8.10. The number of aromatic hydroxyl groups is 1. The first-order valence-corrected chi connectivity index (χ1v) is 9.88. The number of rotatable bonds is 4. The minimum Gasteiger partial charge on any atom is -0.504 e. The number of fused-ring (bicyclic) bond motifs is 1. The third kappa shape index (κ3) is 4.21. The van der Waals surface area contributed by atoms with Gasteiger partial charge in [-0.15, -0.1) is 0 Å². The maximum absolute atomic E-state index is 9.94. The van der Waals surface area contributed by atoms with Gasteiger partial charge in [0, 0.05) is 28.4 Å². The van der Waals surface area contributed by atoms with E-state index in [2.05, 4.69) is 26.6 Å². The lowest BCUT2D eigenvalue weighted by atomic mass is 10.0. The van der Waals surface area contributed by atoms with E-state index in [-0.39, 0.29) is 5.75 Å². The Bertz CT molecular complexity index is 1340. The number of nitrogens with one attached hydrogen (secondary N) is 1. The number of hydrogen-bond acceptors (Lipinski definition) is 7. The first kappa shape index (κ1) is 20.4. The molecule has 2 N–H and O–H groups in total. The molecule has 0 saturated heterocycles. The number of aryl methyl sites for hydroxylation is 4. The third-order valence-corrected chi connectivity index (χ3v) is 4.91. The van der Waals surface area contributed by atoms with Gasteiger partial charge in [-0.1, -0.05) is 6.07 Å². The molecule has 0 aliphatic heterocycles. The molecule has 0 amide bonds. The molecular weight excluding hydrogens is 392 g/mol. The molecule has 31 heavy (non-hydrogen) atoms. The molecule has 0 aliphatic carbocycles. The van der Waals surface area contributed by atoms with Crippen molar-refractivity contribution in [2.45, 2.75) is 27.7 Å². The van der Waals surface area contributed by atoms with E-state index < -0.39 is 0 Å². The smallest absolute Gasteiger partial charge is 0.243 e. The molecule has 0 spiro atoms. The Labute approximate surface area is 180 Å². The summed E-state index contributed by atoms with van der Waals surface area (Å²) in [6.07, 6.45) is 0. The molecule has 2 aromatic carbocycles. The van der Waals surface area contributed by atoms with Crippen LogP contribution in [0.1, 0.15) is 22.5 Å². The standard InChI is InChI=1S/C24H24N4O3/c1-13-8-14(2)23-18(27-28-24-25-15(3)10-16(4)26-24)12-20(31-22(23)9-13)17-6-7-19(29)21(11-17)30-5/h6-12,29H,1-5H3,(H,25,26,28)/b27-18+. The molecule has 2 aromatic heterocycles. The van der Waals surface area contributed by atoms with Gasteiger partial charge in [0.15, 0.2) is 11.5 Å². The molecule has 0 atom stereocenters. The van der Waals surface area contributed by atoms with Crippen molar-refractivity contribution < 1.29 is 14.3 Å². The van der Waals surface area contributed by atoms with Crippen molar-refractivity contribution in [1.29, 1.82) is 0 Å². The number of hydrogen-bond donors (Lipinski definition) is 2. The van der Waals surface area contributed by atoms with Crippen LogP contribution < -0.4 is 15.5 Å². The van der Waals surface area contributed by atoms with Gasteiger partial charge in [-0.3, -0.25) is 0 Å². The fourth-order valence-electron chi connectivity index (χ4n) is 3.63. The molecule has 7 nitrogen and oxygen atoms in total. The van der Waals surface area contributed by atoms with Crippen molar-refractivity contribution in [2.24, 2.45) is 5.10 Å². The van der Waals surface area contributed by atoms with E-state index in [1.807, 2.05) is 45.9 Å². The maximum atomic E-state index is 9.94. The minimum atomic E-state index is 0.0669. The van der Waals surface area contributed by atoms with E-state index in [1.165, 1.54) is 7.11 Å². The van der Waals surface area contributed by atoms with E-state index >= 15 is 0 Å². The predicted octanol–water partition coefficient (Wildman–Crippen LogP) is 4.77. The number of phenols is 1. The molecule has 4 aromatic rings. The van der Waals surface area contributed by atoms with E-state index in [0.717, 1.165) is 33.5 Å². The lowest BCUT2D eigenvalue weighted by molar-refractivity contribution is 0.373. The van der Waals surface area contributed by atoms with Gasteiger partial charge < -0.3 is 14.3 Å². The first-order chi connectivity index (χ1) is 14.8. The zero-order chi connectivity index (χ0) is 22.1. The normalized spacial score (nSPS) is 11.7. The zero-order valence-corrected chi connectivity index (χ0v) is 18.1. The maximum Gasteiger partial charge on any atom is 0.243 e. The van der Waals surface area contributed by atoms with E-state index in [4.69, 9.17) is 9.15 Å². The minimum absolute atomic E-state index is 0.0669. The zero-order valence-electron chi connectivity index (χ0n) is 18.1. The van der Waals surface area contributed by atoms with Crippen LogP contribution in [0.15, 0.2) is 52.0 Å². The molecule has 7 heteroatoms. The largest absolute Gasteiger partial charge is 0.504 e. The number of ether oxygens (including phenoxy) is 1.